The van der Waals surface area contributed by atoms with Crippen LogP contribution in [0.25, 0.3) is 0 Å². The van der Waals surface area contributed by atoms with Crippen molar-refractivity contribution in [3.8, 4) is 5.88 Å². The molecule has 1 atom stereocenters. The van der Waals surface area contributed by atoms with Crippen molar-refractivity contribution in [3.63, 3.8) is 0 Å². The molecule has 0 bridgehead atoms. The molecule has 1 rings (SSSR count). The topological polar surface area (TPSA) is 68.7 Å². The van der Waals surface area contributed by atoms with Gasteiger partial charge >= 0.3 is 11.1 Å². The van der Waals surface area contributed by atoms with Crippen molar-refractivity contribution in [1.29, 1.82) is 0 Å². The van der Waals surface area contributed by atoms with Crippen LogP contribution in [0.5, 0.6) is 5.88 Å². The van der Waals surface area contributed by atoms with Gasteiger partial charge in [-0.3, -0.25) is 14.5 Å². The van der Waals surface area contributed by atoms with Crippen LogP contribution in [0, 0.1) is 0 Å². The number of nitrogens with zero attached hydrogens (tertiary/aromatic N) is 2. The standard InChI is InChI=1S/C12H15ClN2O4/c1-8(7-18-2)15(12(17)10(13)16)9-5-4-6-14-11(9)19-3/h4-6,8H,7H2,1-3H3. The molecule has 0 aliphatic carbocycles. The van der Waals surface area contributed by atoms with E-state index >= 15 is 0 Å². The molecule has 19 heavy (non-hydrogen) atoms. The molecule has 1 amide bonds. The molecule has 0 N–H and O–H groups in total. The molecule has 0 aliphatic rings. The number of hydrogen-bond acceptors (Lipinski definition) is 5. The van der Waals surface area contributed by atoms with Gasteiger partial charge in [-0.1, -0.05) is 0 Å². The lowest BCUT2D eigenvalue weighted by molar-refractivity contribution is -0.132. The van der Waals surface area contributed by atoms with Crippen LogP contribution >= 0.6 is 11.6 Å². The number of anilines is 1. The average molecular weight is 287 g/mol. The average Bonchev–Trinajstić information content (AvgIpc) is 2.39. The highest BCUT2D eigenvalue weighted by atomic mass is 35.5. The molecule has 0 radical (unpaired) electrons. The molecular formula is C12H15ClN2O4. The molecule has 7 heteroatoms. The maximum Gasteiger partial charge on any atom is 0.311 e. The summed E-state index contributed by atoms with van der Waals surface area (Å²) < 4.78 is 10.1. The van der Waals surface area contributed by atoms with Crippen molar-refractivity contribution in [2.45, 2.75) is 13.0 Å². The molecule has 0 aliphatic heterocycles. The van der Waals surface area contributed by atoms with Crippen LogP contribution in [0.1, 0.15) is 6.92 Å². The molecule has 1 unspecified atom stereocenters. The number of carbonyl (C=O) groups is 2. The Bertz CT molecular complexity index is 467. The third-order valence-electron chi connectivity index (χ3n) is 2.44. The first-order valence-corrected chi connectivity index (χ1v) is 5.91. The van der Waals surface area contributed by atoms with E-state index in [1.54, 1.807) is 19.1 Å². The summed E-state index contributed by atoms with van der Waals surface area (Å²) in [5, 5.41) is -1.08. The Labute approximate surface area is 116 Å². The van der Waals surface area contributed by atoms with Gasteiger partial charge in [0.25, 0.3) is 0 Å². The molecule has 1 aromatic heterocycles. The van der Waals surface area contributed by atoms with Crippen molar-refractivity contribution in [2.24, 2.45) is 0 Å². The predicted octanol–water partition coefficient (Wildman–Crippen LogP) is 1.22. The Morgan fingerprint density at radius 3 is 2.68 bits per heavy atom. The van der Waals surface area contributed by atoms with E-state index in [0.29, 0.717) is 5.69 Å². The lowest BCUT2D eigenvalue weighted by atomic mass is 10.2. The van der Waals surface area contributed by atoms with Crippen LogP contribution < -0.4 is 9.64 Å². The largest absolute Gasteiger partial charge is 0.480 e. The Morgan fingerprint density at radius 2 is 2.16 bits per heavy atom. The van der Waals surface area contributed by atoms with E-state index in [0.717, 1.165) is 0 Å². The Hall–Kier alpha value is -1.66. The quantitative estimate of drug-likeness (QED) is 0.581. The minimum atomic E-state index is -1.08. The summed E-state index contributed by atoms with van der Waals surface area (Å²) in [5.41, 5.74) is 0.369. The number of hydrogen-bond donors (Lipinski definition) is 0. The summed E-state index contributed by atoms with van der Waals surface area (Å²) in [5.74, 6) is -0.616. The zero-order chi connectivity index (χ0) is 14.4. The first-order valence-electron chi connectivity index (χ1n) is 5.53. The number of ether oxygens (including phenoxy) is 2. The number of halogens is 1. The Kier molecular flexibility index (Phi) is 5.72. The molecule has 0 fully saturated rings. The zero-order valence-corrected chi connectivity index (χ0v) is 11.7. The molecule has 0 saturated carbocycles. The van der Waals surface area contributed by atoms with Crippen molar-refractivity contribution >= 4 is 28.4 Å². The highest BCUT2D eigenvalue weighted by molar-refractivity contribution is 6.82. The fourth-order valence-electron chi connectivity index (χ4n) is 1.68. The van der Waals surface area contributed by atoms with Crippen LogP contribution in [0.4, 0.5) is 5.69 Å². The van der Waals surface area contributed by atoms with Crippen LogP contribution in [-0.2, 0) is 14.3 Å². The van der Waals surface area contributed by atoms with Gasteiger partial charge in [0.2, 0.25) is 5.88 Å². The second kappa shape index (κ2) is 7.06. The number of rotatable bonds is 6. The minimum Gasteiger partial charge on any atom is -0.480 e. The smallest absolute Gasteiger partial charge is 0.311 e. The molecule has 6 nitrogen and oxygen atoms in total. The van der Waals surface area contributed by atoms with E-state index in [-0.39, 0.29) is 12.5 Å². The molecule has 1 heterocycles. The van der Waals surface area contributed by atoms with Gasteiger partial charge in [-0.05, 0) is 30.7 Å². The van der Waals surface area contributed by atoms with Gasteiger partial charge in [-0.15, -0.1) is 0 Å². The van der Waals surface area contributed by atoms with Crippen molar-refractivity contribution < 1.29 is 19.1 Å². The summed E-state index contributed by atoms with van der Waals surface area (Å²) in [4.78, 5) is 28.3. The van der Waals surface area contributed by atoms with E-state index in [1.807, 2.05) is 0 Å². The van der Waals surface area contributed by atoms with Crippen molar-refractivity contribution in [1.82, 2.24) is 4.98 Å². The van der Waals surface area contributed by atoms with Crippen LogP contribution in [0.3, 0.4) is 0 Å². The molecule has 0 saturated heterocycles. The number of methoxy groups -OCH3 is 2. The summed E-state index contributed by atoms with van der Waals surface area (Å²) in [6, 6.07) is 2.87. The Balaban J connectivity index is 3.22. The third-order valence-corrected chi connectivity index (χ3v) is 2.60. The van der Waals surface area contributed by atoms with Crippen molar-refractivity contribution in [3.05, 3.63) is 18.3 Å². The normalized spacial score (nSPS) is 11.8. The lowest BCUT2D eigenvalue weighted by Gasteiger charge is -2.28. The molecule has 104 valence electrons. The molecule has 0 spiro atoms. The zero-order valence-electron chi connectivity index (χ0n) is 10.9. The third kappa shape index (κ3) is 3.65. The Morgan fingerprint density at radius 1 is 1.47 bits per heavy atom. The minimum absolute atomic E-state index is 0.233. The summed E-state index contributed by atoms with van der Waals surface area (Å²) >= 11 is 5.28. The number of amides is 1. The highest BCUT2D eigenvalue weighted by Gasteiger charge is 2.29. The SMILES string of the molecule is COCC(C)N(C(=O)C(=O)Cl)c1cccnc1OC. The van der Waals surface area contributed by atoms with E-state index in [2.05, 4.69) is 4.98 Å². The summed E-state index contributed by atoms with van der Waals surface area (Å²) in [7, 11) is 2.93. The molecular weight excluding hydrogens is 272 g/mol. The fourth-order valence-corrected chi connectivity index (χ4v) is 1.77. The maximum atomic E-state index is 11.9. The van der Waals surface area contributed by atoms with E-state index in [1.165, 1.54) is 25.3 Å². The van der Waals surface area contributed by atoms with E-state index in [4.69, 9.17) is 21.1 Å². The monoisotopic (exact) mass is 286 g/mol. The fraction of sp³-hybridized carbons (Fsp3) is 0.417. The second-order valence-electron chi connectivity index (χ2n) is 3.79. The van der Waals surface area contributed by atoms with Gasteiger partial charge in [0.15, 0.2) is 0 Å². The second-order valence-corrected chi connectivity index (χ2v) is 4.13. The predicted molar refractivity (Wildman–Crippen MR) is 70.5 cm³/mol. The number of aromatic nitrogens is 1. The molecule has 0 aromatic carbocycles. The lowest BCUT2D eigenvalue weighted by Crippen LogP contribution is -2.44. The first-order chi connectivity index (χ1) is 9.02. The number of pyridine rings is 1. The van der Waals surface area contributed by atoms with Crippen LogP contribution in [-0.4, -0.2) is 43.0 Å². The van der Waals surface area contributed by atoms with Gasteiger partial charge < -0.3 is 9.47 Å². The van der Waals surface area contributed by atoms with Gasteiger partial charge in [-0.2, -0.15) is 0 Å². The molecule has 1 aromatic rings. The highest BCUT2D eigenvalue weighted by Crippen LogP contribution is 2.27. The maximum absolute atomic E-state index is 11.9. The van der Waals surface area contributed by atoms with Gasteiger partial charge in [0, 0.05) is 13.3 Å². The van der Waals surface area contributed by atoms with Crippen LogP contribution in [0.15, 0.2) is 18.3 Å². The van der Waals surface area contributed by atoms with E-state index < -0.39 is 17.2 Å². The summed E-state index contributed by atoms with van der Waals surface area (Å²) in [6.07, 6.45) is 1.52. The van der Waals surface area contributed by atoms with Gasteiger partial charge in [0.05, 0.1) is 19.8 Å². The van der Waals surface area contributed by atoms with E-state index in [9.17, 15) is 9.59 Å². The van der Waals surface area contributed by atoms with Gasteiger partial charge in [-0.25, -0.2) is 4.98 Å². The number of carbonyl (C=O) groups excluding carboxylic acids is 2. The van der Waals surface area contributed by atoms with Gasteiger partial charge in [0.1, 0.15) is 5.69 Å². The van der Waals surface area contributed by atoms with Crippen LogP contribution in [0.2, 0.25) is 0 Å². The van der Waals surface area contributed by atoms with Crippen molar-refractivity contribution in [2.75, 3.05) is 25.7 Å². The first kappa shape index (κ1) is 15.4. The summed E-state index contributed by atoms with van der Waals surface area (Å²) in [6.45, 7) is 1.97.